The SMILES string of the molecule is Cc1cc(Br)ccc1Nc1ccc(NC(=O)NC2CC2)cn1. The minimum Gasteiger partial charge on any atom is -0.340 e. The Balaban J connectivity index is 1.62. The van der Waals surface area contributed by atoms with Crippen LogP contribution in [0.5, 0.6) is 0 Å². The Kier molecular flexibility index (Phi) is 4.29. The van der Waals surface area contributed by atoms with E-state index in [0.29, 0.717) is 11.7 Å². The lowest BCUT2D eigenvalue weighted by Gasteiger charge is -2.10. The monoisotopic (exact) mass is 360 g/mol. The van der Waals surface area contributed by atoms with Crippen LogP contribution in [0.1, 0.15) is 18.4 Å². The lowest BCUT2D eigenvalue weighted by atomic mass is 10.2. The zero-order valence-electron chi connectivity index (χ0n) is 12.2. The van der Waals surface area contributed by atoms with Gasteiger partial charge in [0, 0.05) is 16.2 Å². The summed E-state index contributed by atoms with van der Waals surface area (Å²) in [5.74, 6) is 0.735. The van der Waals surface area contributed by atoms with Crippen molar-refractivity contribution in [2.75, 3.05) is 10.6 Å². The number of urea groups is 1. The Bertz CT molecular complexity index is 683. The number of aromatic nitrogens is 1. The summed E-state index contributed by atoms with van der Waals surface area (Å²) in [5, 5.41) is 8.91. The normalized spacial score (nSPS) is 13.5. The second kappa shape index (κ2) is 6.36. The number of carbonyl (C=O) groups is 1. The van der Waals surface area contributed by atoms with Crippen LogP contribution in [0.15, 0.2) is 41.0 Å². The van der Waals surface area contributed by atoms with Gasteiger partial charge in [0.25, 0.3) is 0 Å². The first-order valence-electron chi connectivity index (χ1n) is 7.17. The Morgan fingerprint density at radius 3 is 2.73 bits per heavy atom. The van der Waals surface area contributed by atoms with Gasteiger partial charge in [-0.2, -0.15) is 0 Å². The smallest absolute Gasteiger partial charge is 0.319 e. The molecule has 1 aromatic carbocycles. The van der Waals surface area contributed by atoms with Gasteiger partial charge in [0.2, 0.25) is 0 Å². The van der Waals surface area contributed by atoms with Crippen molar-refractivity contribution in [2.45, 2.75) is 25.8 Å². The van der Waals surface area contributed by atoms with Gasteiger partial charge in [0.05, 0.1) is 11.9 Å². The molecule has 114 valence electrons. The number of hydrogen-bond donors (Lipinski definition) is 3. The molecular formula is C16H17BrN4O. The Hall–Kier alpha value is -2.08. The Labute approximate surface area is 137 Å². The van der Waals surface area contributed by atoms with Crippen molar-refractivity contribution in [3.05, 3.63) is 46.6 Å². The summed E-state index contributed by atoms with van der Waals surface area (Å²) in [6.07, 6.45) is 3.78. The number of aryl methyl sites for hydroxylation is 1. The predicted molar refractivity (Wildman–Crippen MR) is 91.6 cm³/mol. The number of benzene rings is 1. The van der Waals surface area contributed by atoms with Gasteiger partial charge < -0.3 is 16.0 Å². The summed E-state index contributed by atoms with van der Waals surface area (Å²) < 4.78 is 1.05. The third-order valence-corrected chi connectivity index (χ3v) is 3.88. The third-order valence-electron chi connectivity index (χ3n) is 3.39. The molecule has 0 spiro atoms. The minimum atomic E-state index is -0.172. The molecule has 0 saturated heterocycles. The molecule has 1 saturated carbocycles. The highest BCUT2D eigenvalue weighted by molar-refractivity contribution is 9.10. The van der Waals surface area contributed by atoms with Gasteiger partial charge >= 0.3 is 6.03 Å². The van der Waals surface area contributed by atoms with E-state index in [0.717, 1.165) is 34.4 Å². The van der Waals surface area contributed by atoms with Gasteiger partial charge in [0.15, 0.2) is 0 Å². The van der Waals surface area contributed by atoms with Crippen LogP contribution < -0.4 is 16.0 Å². The van der Waals surface area contributed by atoms with Crippen molar-refractivity contribution in [1.82, 2.24) is 10.3 Å². The average Bonchev–Trinajstić information content (AvgIpc) is 3.28. The highest BCUT2D eigenvalue weighted by atomic mass is 79.9. The third kappa shape index (κ3) is 3.98. The van der Waals surface area contributed by atoms with Crippen molar-refractivity contribution in [3.63, 3.8) is 0 Å². The van der Waals surface area contributed by atoms with Gasteiger partial charge in [-0.05, 0) is 55.7 Å². The molecule has 1 aromatic heterocycles. The largest absolute Gasteiger partial charge is 0.340 e. The second-order valence-corrected chi connectivity index (χ2v) is 6.30. The van der Waals surface area contributed by atoms with E-state index in [2.05, 4.69) is 36.9 Å². The number of pyridine rings is 1. The molecule has 3 N–H and O–H groups in total. The average molecular weight is 361 g/mol. The number of anilines is 3. The number of hydrogen-bond acceptors (Lipinski definition) is 3. The number of nitrogens with zero attached hydrogens (tertiary/aromatic N) is 1. The summed E-state index contributed by atoms with van der Waals surface area (Å²) in [5.41, 5.74) is 2.81. The Morgan fingerprint density at radius 2 is 2.09 bits per heavy atom. The number of halogens is 1. The molecule has 2 aromatic rings. The predicted octanol–water partition coefficient (Wildman–Crippen LogP) is 4.18. The molecule has 1 heterocycles. The van der Waals surface area contributed by atoms with Gasteiger partial charge in [-0.1, -0.05) is 15.9 Å². The fourth-order valence-corrected chi connectivity index (χ4v) is 2.50. The van der Waals surface area contributed by atoms with E-state index in [1.165, 1.54) is 0 Å². The molecule has 22 heavy (non-hydrogen) atoms. The summed E-state index contributed by atoms with van der Waals surface area (Å²) in [7, 11) is 0. The van der Waals surface area contributed by atoms with E-state index in [4.69, 9.17) is 0 Å². The highest BCUT2D eigenvalue weighted by Gasteiger charge is 2.23. The van der Waals surface area contributed by atoms with Crippen LogP contribution in [0.4, 0.5) is 22.0 Å². The van der Waals surface area contributed by atoms with E-state index in [1.54, 1.807) is 6.20 Å². The lowest BCUT2D eigenvalue weighted by Crippen LogP contribution is -2.30. The zero-order valence-corrected chi connectivity index (χ0v) is 13.8. The maximum Gasteiger partial charge on any atom is 0.319 e. The van der Waals surface area contributed by atoms with Crippen LogP contribution >= 0.6 is 15.9 Å². The molecule has 1 aliphatic carbocycles. The highest BCUT2D eigenvalue weighted by Crippen LogP contribution is 2.23. The molecule has 0 aliphatic heterocycles. The number of nitrogens with one attached hydrogen (secondary N) is 3. The Morgan fingerprint density at radius 1 is 1.27 bits per heavy atom. The second-order valence-electron chi connectivity index (χ2n) is 5.39. The van der Waals surface area contributed by atoms with Crippen molar-refractivity contribution in [3.8, 4) is 0 Å². The van der Waals surface area contributed by atoms with E-state index in [9.17, 15) is 4.79 Å². The molecule has 2 amide bonds. The zero-order chi connectivity index (χ0) is 15.5. The molecule has 0 bridgehead atoms. The quantitative estimate of drug-likeness (QED) is 0.765. The maximum absolute atomic E-state index is 11.6. The number of amides is 2. The molecule has 5 nitrogen and oxygen atoms in total. The van der Waals surface area contributed by atoms with Crippen LogP contribution in [0, 0.1) is 6.92 Å². The fourth-order valence-electron chi connectivity index (χ4n) is 2.03. The molecule has 0 unspecified atom stereocenters. The number of rotatable bonds is 4. The van der Waals surface area contributed by atoms with E-state index in [1.807, 2.05) is 37.3 Å². The van der Waals surface area contributed by atoms with E-state index < -0.39 is 0 Å². The van der Waals surface area contributed by atoms with E-state index >= 15 is 0 Å². The van der Waals surface area contributed by atoms with Crippen molar-refractivity contribution < 1.29 is 4.79 Å². The molecular weight excluding hydrogens is 344 g/mol. The maximum atomic E-state index is 11.6. The summed E-state index contributed by atoms with van der Waals surface area (Å²) >= 11 is 3.45. The molecule has 6 heteroatoms. The number of carbonyl (C=O) groups excluding carboxylic acids is 1. The van der Waals surface area contributed by atoms with Crippen LogP contribution in [-0.4, -0.2) is 17.1 Å². The minimum absolute atomic E-state index is 0.172. The van der Waals surface area contributed by atoms with Gasteiger partial charge in [0.1, 0.15) is 5.82 Å². The standard InChI is InChI=1S/C16H17BrN4O/c1-10-8-11(17)2-6-14(10)21-15-7-5-13(9-18-15)20-16(22)19-12-3-4-12/h2,5-9,12H,3-4H2,1H3,(H,18,21)(H2,19,20,22). The van der Waals surface area contributed by atoms with Gasteiger partial charge in [-0.25, -0.2) is 9.78 Å². The van der Waals surface area contributed by atoms with Crippen molar-refractivity contribution >= 4 is 39.2 Å². The van der Waals surface area contributed by atoms with Crippen LogP contribution in [-0.2, 0) is 0 Å². The topological polar surface area (TPSA) is 66.0 Å². The molecule has 1 fully saturated rings. The molecule has 3 rings (SSSR count). The van der Waals surface area contributed by atoms with Crippen molar-refractivity contribution in [2.24, 2.45) is 0 Å². The molecule has 1 aliphatic rings. The van der Waals surface area contributed by atoms with Crippen LogP contribution in [0.2, 0.25) is 0 Å². The summed E-state index contributed by atoms with van der Waals surface area (Å²) in [4.78, 5) is 16.0. The summed E-state index contributed by atoms with van der Waals surface area (Å²) in [6, 6.07) is 9.86. The molecule has 0 atom stereocenters. The first-order chi connectivity index (χ1) is 10.6. The van der Waals surface area contributed by atoms with E-state index in [-0.39, 0.29) is 6.03 Å². The summed E-state index contributed by atoms with van der Waals surface area (Å²) in [6.45, 7) is 2.03. The lowest BCUT2D eigenvalue weighted by molar-refractivity contribution is 0.251. The van der Waals surface area contributed by atoms with Gasteiger partial charge in [-0.3, -0.25) is 0 Å². The van der Waals surface area contributed by atoms with Gasteiger partial charge in [-0.15, -0.1) is 0 Å². The first kappa shape index (κ1) is 14.8. The van der Waals surface area contributed by atoms with Crippen molar-refractivity contribution in [1.29, 1.82) is 0 Å². The fraction of sp³-hybridized carbons (Fsp3) is 0.250. The van der Waals surface area contributed by atoms with Crippen LogP contribution in [0.25, 0.3) is 0 Å². The van der Waals surface area contributed by atoms with Crippen LogP contribution in [0.3, 0.4) is 0 Å². The molecule has 0 radical (unpaired) electrons. The first-order valence-corrected chi connectivity index (χ1v) is 7.96.